The smallest absolute Gasteiger partial charge is 0.122 e. The third-order valence-electron chi connectivity index (χ3n) is 2.89. The van der Waals surface area contributed by atoms with E-state index in [1.807, 2.05) is 31.2 Å². The van der Waals surface area contributed by atoms with E-state index in [-0.39, 0.29) is 0 Å². The second-order valence-electron chi connectivity index (χ2n) is 3.95. The molecule has 2 rings (SSSR count). The Kier molecular flexibility index (Phi) is 2.83. The van der Waals surface area contributed by atoms with Gasteiger partial charge < -0.3 is 9.88 Å². The van der Waals surface area contributed by atoms with Crippen molar-refractivity contribution < 1.29 is 0 Å². The van der Waals surface area contributed by atoms with Gasteiger partial charge >= 0.3 is 0 Å². The van der Waals surface area contributed by atoms with Crippen LogP contribution in [-0.2, 0) is 13.6 Å². The zero-order chi connectivity index (χ0) is 10.0. The standard InChI is InChI=1S/C10H17N3S/c1-13-6-5-12-9(13)7-11-8-10(14-2)3-4-10/h5-6,11H,3-4,7-8H2,1-2H3. The predicted molar refractivity (Wildman–Crippen MR) is 60.4 cm³/mol. The summed E-state index contributed by atoms with van der Waals surface area (Å²) in [7, 11) is 2.03. The van der Waals surface area contributed by atoms with Crippen molar-refractivity contribution in [1.29, 1.82) is 0 Å². The number of rotatable bonds is 5. The third-order valence-corrected chi connectivity index (χ3v) is 4.31. The molecule has 1 heterocycles. The van der Waals surface area contributed by atoms with Crippen LogP contribution in [-0.4, -0.2) is 27.1 Å². The highest BCUT2D eigenvalue weighted by Crippen LogP contribution is 2.46. The van der Waals surface area contributed by atoms with E-state index in [2.05, 4.69) is 21.1 Å². The first-order valence-corrected chi connectivity index (χ1v) is 6.20. The van der Waals surface area contributed by atoms with Crippen molar-refractivity contribution in [1.82, 2.24) is 14.9 Å². The Morgan fingerprint density at radius 1 is 1.64 bits per heavy atom. The van der Waals surface area contributed by atoms with Gasteiger partial charge in [-0.1, -0.05) is 0 Å². The van der Waals surface area contributed by atoms with Gasteiger partial charge in [0.1, 0.15) is 5.82 Å². The fourth-order valence-electron chi connectivity index (χ4n) is 1.56. The topological polar surface area (TPSA) is 29.9 Å². The normalized spacial score (nSPS) is 18.4. The minimum absolute atomic E-state index is 0.547. The maximum Gasteiger partial charge on any atom is 0.122 e. The first-order chi connectivity index (χ1) is 6.76. The molecular formula is C10H17N3S. The number of aromatic nitrogens is 2. The van der Waals surface area contributed by atoms with Crippen molar-refractivity contribution in [2.45, 2.75) is 24.1 Å². The molecule has 0 spiro atoms. The zero-order valence-electron chi connectivity index (χ0n) is 8.79. The van der Waals surface area contributed by atoms with Crippen LogP contribution in [0.25, 0.3) is 0 Å². The van der Waals surface area contributed by atoms with Gasteiger partial charge in [-0.05, 0) is 19.1 Å². The summed E-state index contributed by atoms with van der Waals surface area (Å²) in [6.07, 6.45) is 8.76. The SMILES string of the molecule is CSC1(CNCc2nccn2C)CC1. The van der Waals surface area contributed by atoms with E-state index < -0.39 is 0 Å². The van der Waals surface area contributed by atoms with Crippen LogP contribution in [0.15, 0.2) is 12.4 Å². The highest BCUT2D eigenvalue weighted by atomic mass is 32.2. The van der Waals surface area contributed by atoms with Gasteiger partial charge in [0, 0.05) is 30.7 Å². The van der Waals surface area contributed by atoms with Gasteiger partial charge in [-0.25, -0.2) is 4.98 Å². The van der Waals surface area contributed by atoms with E-state index in [1.54, 1.807) is 0 Å². The molecule has 1 aliphatic carbocycles. The molecule has 1 aliphatic rings. The zero-order valence-corrected chi connectivity index (χ0v) is 9.60. The molecule has 3 nitrogen and oxygen atoms in total. The Balaban J connectivity index is 1.76. The molecule has 14 heavy (non-hydrogen) atoms. The van der Waals surface area contributed by atoms with Gasteiger partial charge in [0.25, 0.3) is 0 Å². The van der Waals surface area contributed by atoms with Crippen molar-refractivity contribution in [3.05, 3.63) is 18.2 Å². The molecule has 78 valence electrons. The summed E-state index contributed by atoms with van der Waals surface area (Å²) in [6, 6.07) is 0. The Hall–Kier alpha value is -0.480. The number of hydrogen-bond donors (Lipinski definition) is 1. The van der Waals surface area contributed by atoms with Gasteiger partial charge in [0.15, 0.2) is 0 Å². The summed E-state index contributed by atoms with van der Waals surface area (Å²) < 4.78 is 2.61. The van der Waals surface area contributed by atoms with E-state index in [4.69, 9.17) is 0 Å². The largest absolute Gasteiger partial charge is 0.337 e. The molecule has 1 aromatic rings. The number of imidazole rings is 1. The number of aryl methyl sites for hydroxylation is 1. The molecule has 1 N–H and O–H groups in total. The Bertz CT molecular complexity index is 304. The first-order valence-electron chi connectivity index (χ1n) is 4.98. The maximum atomic E-state index is 4.28. The minimum atomic E-state index is 0.547. The molecule has 0 radical (unpaired) electrons. The van der Waals surface area contributed by atoms with Crippen molar-refractivity contribution in [3.8, 4) is 0 Å². The van der Waals surface area contributed by atoms with Crippen LogP contribution in [0.4, 0.5) is 0 Å². The lowest BCUT2D eigenvalue weighted by molar-refractivity contribution is 0.622. The van der Waals surface area contributed by atoms with Crippen LogP contribution in [0, 0.1) is 0 Å². The number of nitrogens with zero attached hydrogens (tertiary/aromatic N) is 2. The van der Waals surface area contributed by atoms with Gasteiger partial charge in [-0.3, -0.25) is 0 Å². The van der Waals surface area contributed by atoms with Gasteiger partial charge in [0.05, 0.1) is 6.54 Å². The molecule has 0 bridgehead atoms. The number of thioether (sulfide) groups is 1. The van der Waals surface area contributed by atoms with E-state index in [0.717, 1.165) is 18.9 Å². The van der Waals surface area contributed by atoms with E-state index in [0.29, 0.717) is 4.75 Å². The summed E-state index contributed by atoms with van der Waals surface area (Å²) in [5, 5.41) is 3.48. The molecule has 0 amide bonds. The van der Waals surface area contributed by atoms with Crippen LogP contribution < -0.4 is 5.32 Å². The first kappa shape index (κ1) is 10.1. The average molecular weight is 211 g/mol. The second kappa shape index (κ2) is 3.95. The molecule has 0 aromatic carbocycles. The molecule has 0 aliphatic heterocycles. The van der Waals surface area contributed by atoms with E-state index >= 15 is 0 Å². The molecule has 4 heteroatoms. The summed E-state index contributed by atoms with van der Waals surface area (Å²) in [6.45, 7) is 1.99. The summed E-state index contributed by atoms with van der Waals surface area (Å²) in [5.74, 6) is 1.11. The van der Waals surface area contributed by atoms with Crippen LogP contribution in [0.3, 0.4) is 0 Å². The molecule has 0 unspecified atom stereocenters. The van der Waals surface area contributed by atoms with Gasteiger partial charge in [-0.15, -0.1) is 0 Å². The Morgan fingerprint density at radius 2 is 2.43 bits per heavy atom. The average Bonchev–Trinajstić information content (AvgIpc) is 2.86. The second-order valence-corrected chi connectivity index (χ2v) is 5.22. The van der Waals surface area contributed by atoms with E-state index in [9.17, 15) is 0 Å². The number of nitrogens with one attached hydrogen (secondary N) is 1. The molecule has 1 saturated carbocycles. The Morgan fingerprint density at radius 3 is 2.93 bits per heavy atom. The lowest BCUT2D eigenvalue weighted by atomic mass is 10.4. The Labute approximate surface area is 89.3 Å². The summed E-state index contributed by atoms with van der Waals surface area (Å²) >= 11 is 1.99. The molecule has 1 aromatic heterocycles. The maximum absolute atomic E-state index is 4.28. The van der Waals surface area contributed by atoms with Crippen molar-refractivity contribution >= 4 is 11.8 Å². The third kappa shape index (κ3) is 2.12. The highest BCUT2D eigenvalue weighted by molar-refractivity contribution is 8.00. The lowest BCUT2D eigenvalue weighted by Gasteiger charge is -2.12. The summed E-state index contributed by atoms with van der Waals surface area (Å²) in [5.41, 5.74) is 0. The highest BCUT2D eigenvalue weighted by Gasteiger charge is 2.41. The van der Waals surface area contributed by atoms with E-state index in [1.165, 1.54) is 12.8 Å². The lowest BCUT2D eigenvalue weighted by Crippen LogP contribution is -2.26. The minimum Gasteiger partial charge on any atom is -0.337 e. The molecule has 0 atom stereocenters. The van der Waals surface area contributed by atoms with Crippen LogP contribution in [0.1, 0.15) is 18.7 Å². The van der Waals surface area contributed by atoms with Crippen LogP contribution in [0.2, 0.25) is 0 Å². The summed E-state index contributed by atoms with van der Waals surface area (Å²) in [4.78, 5) is 4.28. The van der Waals surface area contributed by atoms with Gasteiger partial charge in [-0.2, -0.15) is 11.8 Å². The molecular weight excluding hydrogens is 194 g/mol. The fraction of sp³-hybridized carbons (Fsp3) is 0.700. The van der Waals surface area contributed by atoms with Crippen molar-refractivity contribution in [2.24, 2.45) is 7.05 Å². The van der Waals surface area contributed by atoms with Crippen molar-refractivity contribution in [2.75, 3.05) is 12.8 Å². The van der Waals surface area contributed by atoms with Crippen LogP contribution >= 0.6 is 11.8 Å². The quantitative estimate of drug-likeness (QED) is 0.798. The molecule has 1 fully saturated rings. The monoisotopic (exact) mass is 211 g/mol. The van der Waals surface area contributed by atoms with Gasteiger partial charge in [0.2, 0.25) is 0 Å². The van der Waals surface area contributed by atoms with Crippen LogP contribution in [0.5, 0.6) is 0 Å². The number of hydrogen-bond acceptors (Lipinski definition) is 3. The predicted octanol–water partition coefficient (Wildman–Crippen LogP) is 1.41. The van der Waals surface area contributed by atoms with Crippen molar-refractivity contribution in [3.63, 3.8) is 0 Å². The molecule has 0 saturated heterocycles. The fourth-order valence-corrected chi connectivity index (χ4v) is 2.32.